The Morgan fingerprint density at radius 1 is 1.08 bits per heavy atom. The molecule has 2 rings (SSSR count). The van der Waals surface area contributed by atoms with Gasteiger partial charge in [-0.3, -0.25) is 0 Å². The van der Waals surface area contributed by atoms with E-state index < -0.39 is 23.6 Å². The third-order valence-corrected chi connectivity index (χ3v) is 3.06. The van der Waals surface area contributed by atoms with Crippen LogP contribution in [0, 0.1) is 17.7 Å². The van der Waals surface area contributed by atoms with Gasteiger partial charge in [-0.25, -0.2) is 9.18 Å². The van der Waals surface area contributed by atoms with Gasteiger partial charge in [-0.2, -0.15) is 13.2 Å². The molecule has 0 unspecified atom stereocenters. The second kappa shape index (κ2) is 8.76. The van der Waals surface area contributed by atoms with E-state index in [0.717, 1.165) is 12.1 Å². The quantitative estimate of drug-likeness (QED) is 0.634. The number of rotatable bonds is 4. The van der Waals surface area contributed by atoms with E-state index in [1.807, 2.05) is 0 Å². The molecule has 0 saturated carbocycles. The number of benzene rings is 2. The molecule has 0 saturated heterocycles. The molecule has 2 aromatic carbocycles. The highest BCUT2D eigenvalue weighted by Gasteiger charge is 2.30. The van der Waals surface area contributed by atoms with Crippen molar-refractivity contribution in [2.45, 2.75) is 6.18 Å². The molecule has 0 spiro atoms. The summed E-state index contributed by atoms with van der Waals surface area (Å²) in [7, 11) is 0. The van der Waals surface area contributed by atoms with Crippen molar-refractivity contribution in [2.24, 2.45) is 0 Å². The largest absolute Gasteiger partial charge is 0.481 e. The van der Waals surface area contributed by atoms with Crippen molar-refractivity contribution in [1.82, 2.24) is 5.32 Å². The van der Waals surface area contributed by atoms with Crippen LogP contribution in [0.1, 0.15) is 5.56 Å². The number of halogens is 4. The molecule has 0 bridgehead atoms. The molecule has 8 heteroatoms. The van der Waals surface area contributed by atoms with Gasteiger partial charge in [0, 0.05) is 0 Å². The first-order valence-corrected chi connectivity index (χ1v) is 7.41. The summed E-state index contributed by atoms with van der Waals surface area (Å²) in [4.78, 5) is 11.6. The molecular weight excluding hydrogens is 352 g/mol. The van der Waals surface area contributed by atoms with Gasteiger partial charge >= 0.3 is 12.2 Å². The zero-order chi connectivity index (χ0) is 19.0. The van der Waals surface area contributed by atoms with Crippen LogP contribution >= 0.6 is 0 Å². The summed E-state index contributed by atoms with van der Waals surface area (Å²) >= 11 is 0. The van der Waals surface area contributed by atoms with Gasteiger partial charge in [0.1, 0.15) is 18.2 Å². The van der Waals surface area contributed by atoms with Crippen molar-refractivity contribution in [3.05, 3.63) is 59.9 Å². The molecule has 2 aromatic rings. The predicted molar refractivity (Wildman–Crippen MR) is 88.1 cm³/mol. The van der Waals surface area contributed by atoms with Gasteiger partial charge in [-0.1, -0.05) is 30.0 Å². The summed E-state index contributed by atoms with van der Waals surface area (Å²) < 4.78 is 56.1. The standard InChI is InChI=1S/C18H14F4N2O2/c19-15-8-1-2-9-16(15)24-17(25)23-10-3-4-11-26-14-7-5-6-13(12-14)18(20,21)22/h1-2,5-9,12H,10-11H2,(H2,23,24,25). The van der Waals surface area contributed by atoms with Crippen molar-refractivity contribution in [1.29, 1.82) is 0 Å². The number of carbonyl (C=O) groups is 1. The van der Waals surface area contributed by atoms with E-state index in [1.165, 1.54) is 30.3 Å². The lowest BCUT2D eigenvalue weighted by Crippen LogP contribution is -2.29. The van der Waals surface area contributed by atoms with Gasteiger partial charge < -0.3 is 15.4 Å². The Kier molecular flexibility index (Phi) is 6.44. The Hall–Kier alpha value is -3.21. The zero-order valence-corrected chi connectivity index (χ0v) is 13.4. The number of urea groups is 1. The minimum absolute atomic E-state index is 0.0332. The van der Waals surface area contributed by atoms with Crippen molar-refractivity contribution >= 4 is 11.7 Å². The van der Waals surface area contributed by atoms with Gasteiger partial charge in [0.05, 0.1) is 17.8 Å². The minimum Gasteiger partial charge on any atom is -0.481 e. The number of carbonyl (C=O) groups excluding carboxylic acids is 1. The van der Waals surface area contributed by atoms with Crippen LogP contribution in [0.5, 0.6) is 5.75 Å². The Morgan fingerprint density at radius 3 is 2.58 bits per heavy atom. The average molecular weight is 366 g/mol. The van der Waals surface area contributed by atoms with Crippen LogP contribution in [0.25, 0.3) is 0 Å². The molecule has 0 aliphatic carbocycles. The van der Waals surface area contributed by atoms with Crippen LogP contribution in [-0.4, -0.2) is 19.2 Å². The van der Waals surface area contributed by atoms with Crippen LogP contribution in [0.4, 0.5) is 28.0 Å². The normalized spacial score (nSPS) is 10.5. The maximum Gasteiger partial charge on any atom is 0.416 e. The topological polar surface area (TPSA) is 50.4 Å². The smallest absolute Gasteiger partial charge is 0.416 e. The van der Waals surface area contributed by atoms with E-state index in [9.17, 15) is 22.4 Å². The Morgan fingerprint density at radius 2 is 1.85 bits per heavy atom. The minimum atomic E-state index is -4.44. The Balaban J connectivity index is 1.74. The van der Waals surface area contributed by atoms with Crippen LogP contribution in [0.15, 0.2) is 48.5 Å². The summed E-state index contributed by atoms with van der Waals surface area (Å²) in [6, 6.07) is 9.49. The van der Waals surface area contributed by atoms with Gasteiger partial charge in [-0.05, 0) is 30.3 Å². The number of alkyl halides is 3. The average Bonchev–Trinajstić information content (AvgIpc) is 2.59. The summed E-state index contributed by atoms with van der Waals surface area (Å²) in [5.41, 5.74) is -0.778. The van der Waals surface area contributed by atoms with Crippen molar-refractivity contribution in [3.8, 4) is 17.6 Å². The first-order chi connectivity index (χ1) is 12.4. The molecule has 0 atom stereocenters. The molecular formula is C18H14F4N2O2. The van der Waals surface area contributed by atoms with E-state index in [4.69, 9.17) is 4.74 Å². The molecule has 2 amide bonds. The maximum atomic E-state index is 13.3. The molecule has 0 radical (unpaired) electrons. The number of ether oxygens (including phenoxy) is 1. The molecule has 0 aromatic heterocycles. The highest BCUT2D eigenvalue weighted by molar-refractivity contribution is 5.89. The van der Waals surface area contributed by atoms with E-state index >= 15 is 0 Å². The van der Waals surface area contributed by atoms with Crippen molar-refractivity contribution in [3.63, 3.8) is 0 Å². The maximum absolute atomic E-state index is 13.3. The van der Waals surface area contributed by atoms with E-state index in [1.54, 1.807) is 6.07 Å². The Bertz CT molecular complexity index is 826. The number of amides is 2. The molecule has 0 aliphatic rings. The lowest BCUT2D eigenvalue weighted by molar-refractivity contribution is -0.137. The fourth-order valence-corrected chi connectivity index (χ4v) is 1.85. The van der Waals surface area contributed by atoms with Gasteiger partial charge in [0.2, 0.25) is 0 Å². The summed E-state index contributed by atoms with van der Waals surface area (Å²) in [5.74, 6) is 4.60. The number of hydrogen-bond donors (Lipinski definition) is 2. The Labute approximate surface area is 147 Å². The molecule has 0 fully saturated rings. The number of anilines is 1. The number of nitrogens with one attached hydrogen (secondary N) is 2. The lowest BCUT2D eigenvalue weighted by atomic mass is 10.2. The molecule has 26 heavy (non-hydrogen) atoms. The second-order valence-corrected chi connectivity index (χ2v) is 4.96. The fourth-order valence-electron chi connectivity index (χ4n) is 1.85. The predicted octanol–water partition coefficient (Wildman–Crippen LogP) is 4.05. The van der Waals surface area contributed by atoms with E-state index in [-0.39, 0.29) is 24.6 Å². The third kappa shape index (κ3) is 6.02. The van der Waals surface area contributed by atoms with Gasteiger partial charge in [-0.15, -0.1) is 0 Å². The summed E-state index contributed by atoms with van der Waals surface area (Å²) in [5, 5.41) is 4.71. The fraction of sp³-hybridized carbons (Fsp3) is 0.167. The number of hydrogen-bond acceptors (Lipinski definition) is 2. The summed E-state index contributed by atoms with van der Waals surface area (Å²) in [6.45, 7) is -0.176. The molecule has 0 heterocycles. The van der Waals surface area contributed by atoms with E-state index in [2.05, 4.69) is 22.5 Å². The molecule has 136 valence electrons. The van der Waals surface area contributed by atoms with Crippen LogP contribution < -0.4 is 15.4 Å². The van der Waals surface area contributed by atoms with Gasteiger partial charge in [0.15, 0.2) is 0 Å². The van der Waals surface area contributed by atoms with Crippen molar-refractivity contribution in [2.75, 3.05) is 18.5 Å². The van der Waals surface area contributed by atoms with Crippen LogP contribution in [0.3, 0.4) is 0 Å². The highest BCUT2D eigenvalue weighted by atomic mass is 19.4. The monoisotopic (exact) mass is 366 g/mol. The first kappa shape index (κ1) is 19.1. The highest BCUT2D eigenvalue weighted by Crippen LogP contribution is 2.31. The number of para-hydroxylation sites is 1. The first-order valence-electron chi connectivity index (χ1n) is 7.41. The van der Waals surface area contributed by atoms with Gasteiger partial charge in [0.25, 0.3) is 0 Å². The zero-order valence-electron chi connectivity index (χ0n) is 13.4. The second-order valence-electron chi connectivity index (χ2n) is 4.96. The van der Waals surface area contributed by atoms with Crippen molar-refractivity contribution < 1.29 is 27.1 Å². The third-order valence-electron chi connectivity index (χ3n) is 3.06. The molecule has 0 aliphatic heterocycles. The summed E-state index contributed by atoms with van der Waals surface area (Å²) in [6.07, 6.45) is -4.44. The van der Waals surface area contributed by atoms with E-state index in [0.29, 0.717) is 0 Å². The molecule has 2 N–H and O–H groups in total. The van der Waals surface area contributed by atoms with Crippen LogP contribution in [-0.2, 0) is 6.18 Å². The lowest BCUT2D eigenvalue weighted by Gasteiger charge is -2.08. The van der Waals surface area contributed by atoms with Crippen LogP contribution in [0.2, 0.25) is 0 Å². The SMILES string of the molecule is O=C(NCC#CCOc1cccc(C(F)(F)F)c1)Nc1ccccc1F. The molecule has 4 nitrogen and oxygen atoms in total.